The Hall–Kier alpha value is -4.28. The van der Waals surface area contributed by atoms with Crippen LogP contribution in [-0.4, -0.2) is 75.4 Å². The van der Waals surface area contributed by atoms with Crippen LogP contribution >= 0.6 is 0 Å². The quantitative estimate of drug-likeness (QED) is 0.478. The van der Waals surface area contributed by atoms with E-state index in [4.69, 9.17) is 0 Å². The van der Waals surface area contributed by atoms with Gasteiger partial charge in [0, 0.05) is 76.1 Å². The van der Waals surface area contributed by atoms with E-state index in [1.165, 1.54) is 18.2 Å². The lowest BCUT2D eigenvalue weighted by atomic mass is 9.96. The predicted molar refractivity (Wildman–Crippen MR) is 143 cm³/mol. The van der Waals surface area contributed by atoms with Crippen LogP contribution in [0, 0.1) is 11.7 Å². The van der Waals surface area contributed by atoms with Gasteiger partial charge in [0.25, 0.3) is 5.56 Å². The molecule has 5 rings (SSSR count). The number of halogens is 1. The number of carbonyl (C=O) groups is 2. The standard InChI is InChI=1S/C27H30FN7O3/c1-3-24(37)34-16-19(17-34)8-9-35-25(38)7-4-20-15-29-27(31-26(20)35)30-21-5-6-23(22(28)14-21)33-12-10-32(11-13-33)18(2)36/h3-7,14-15,19H,1,8-13,16-17H2,2H3,(H,29,30,31). The van der Waals surface area contributed by atoms with E-state index in [1.807, 2.05) is 4.90 Å². The summed E-state index contributed by atoms with van der Waals surface area (Å²) in [5, 5.41) is 3.77. The number of nitrogens with zero attached hydrogens (tertiary/aromatic N) is 6. The molecule has 0 spiro atoms. The summed E-state index contributed by atoms with van der Waals surface area (Å²) < 4.78 is 16.6. The molecule has 0 radical (unpaired) electrons. The number of aryl methyl sites for hydroxylation is 1. The molecule has 11 heteroatoms. The Bertz CT molecular complexity index is 1440. The van der Waals surface area contributed by atoms with Crippen LogP contribution < -0.4 is 15.8 Å². The molecule has 0 unspecified atom stereocenters. The molecule has 1 N–H and O–H groups in total. The Morgan fingerprint density at radius 1 is 1.13 bits per heavy atom. The second-order valence-corrected chi connectivity index (χ2v) is 9.68. The Morgan fingerprint density at radius 3 is 2.58 bits per heavy atom. The van der Waals surface area contributed by atoms with Crippen molar-refractivity contribution in [1.29, 1.82) is 0 Å². The number of piperazine rings is 1. The van der Waals surface area contributed by atoms with Crippen molar-refractivity contribution < 1.29 is 14.0 Å². The maximum Gasteiger partial charge on any atom is 0.252 e. The number of anilines is 3. The minimum Gasteiger partial charge on any atom is -0.366 e. The van der Waals surface area contributed by atoms with E-state index in [-0.39, 0.29) is 29.1 Å². The monoisotopic (exact) mass is 519 g/mol. The maximum atomic E-state index is 15.0. The number of pyridine rings is 1. The van der Waals surface area contributed by atoms with E-state index >= 15 is 0 Å². The third-order valence-corrected chi connectivity index (χ3v) is 7.20. The Kier molecular flexibility index (Phi) is 7.08. The van der Waals surface area contributed by atoms with Crippen molar-refractivity contribution in [3.8, 4) is 0 Å². The van der Waals surface area contributed by atoms with Crippen molar-refractivity contribution in [1.82, 2.24) is 24.3 Å². The van der Waals surface area contributed by atoms with Gasteiger partial charge in [-0.25, -0.2) is 9.37 Å². The van der Waals surface area contributed by atoms with E-state index in [2.05, 4.69) is 21.9 Å². The first-order chi connectivity index (χ1) is 18.3. The average Bonchev–Trinajstić information content (AvgIpc) is 2.88. The molecule has 1 aromatic carbocycles. The molecule has 2 saturated heterocycles. The van der Waals surface area contributed by atoms with Crippen LogP contribution in [0.5, 0.6) is 0 Å². The highest BCUT2D eigenvalue weighted by Crippen LogP contribution is 2.26. The number of hydrogen-bond donors (Lipinski definition) is 1. The average molecular weight is 520 g/mol. The van der Waals surface area contributed by atoms with Crippen LogP contribution in [0.2, 0.25) is 0 Å². The number of hydrogen-bond acceptors (Lipinski definition) is 7. The second kappa shape index (κ2) is 10.6. The van der Waals surface area contributed by atoms with Gasteiger partial charge in [0.05, 0.1) is 5.69 Å². The minimum atomic E-state index is -0.381. The summed E-state index contributed by atoms with van der Waals surface area (Å²) in [5.41, 5.74) is 1.30. The smallest absolute Gasteiger partial charge is 0.252 e. The van der Waals surface area contributed by atoms with Crippen molar-refractivity contribution in [2.24, 2.45) is 5.92 Å². The number of likely N-dealkylation sites (tertiary alicyclic amines) is 1. The van der Waals surface area contributed by atoms with Crippen LogP contribution in [-0.2, 0) is 16.1 Å². The molecule has 2 aliphatic heterocycles. The number of benzene rings is 1. The summed E-state index contributed by atoms with van der Waals surface area (Å²) in [6, 6.07) is 8.04. The Morgan fingerprint density at radius 2 is 1.89 bits per heavy atom. The molecule has 0 atom stereocenters. The van der Waals surface area contributed by atoms with E-state index in [0.29, 0.717) is 68.8 Å². The summed E-state index contributed by atoms with van der Waals surface area (Å²) in [4.78, 5) is 50.2. The first-order valence-corrected chi connectivity index (χ1v) is 12.7. The van der Waals surface area contributed by atoms with Crippen molar-refractivity contribution in [2.45, 2.75) is 19.9 Å². The number of carbonyl (C=O) groups excluding carboxylic acids is 2. The van der Waals surface area contributed by atoms with Gasteiger partial charge in [0.15, 0.2) is 0 Å². The van der Waals surface area contributed by atoms with Crippen LogP contribution in [0.25, 0.3) is 11.0 Å². The van der Waals surface area contributed by atoms with Gasteiger partial charge in [-0.1, -0.05) is 6.58 Å². The zero-order chi connectivity index (χ0) is 26.8. The lowest BCUT2D eigenvalue weighted by Crippen LogP contribution is -2.49. The van der Waals surface area contributed by atoms with E-state index < -0.39 is 0 Å². The summed E-state index contributed by atoms with van der Waals surface area (Å²) in [6.07, 6.45) is 3.68. The van der Waals surface area contributed by atoms with Gasteiger partial charge in [-0.3, -0.25) is 19.0 Å². The van der Waals surface area contributed by atoms with Crippen LogP contribution in [0.1, 0.15) is 13.3 Å². The van der Waals surface area contributed by atoms with E-state index in [0.717, 1.165) is 11.8 Å². The molecule has 2 fully saturated rings. The van der Waals surface area contributed by atoms with E-state index in [1.54, 1.807) is 45.7 Å². The number of nitrogens with one attached hydrogen (secondary N) is 1. The number of aromatic nitrogens is 3. The lowest BCUT2D eigenvalue weighted by molar-refractivity contribution is -0.132. The first-order valence-electron chi connectivity index (χ1n) is 12.7. The summed E-state index contributed by atoms with van der Waals surface area (Å²) in [6.45, 7) is 9.09. The van der Waals surface area contributed by atoms with Gasteiger partial charge in [-0.05, 0) is 42.7 Å². The highest BCUT2D eigenvalue weighted by atomic mass is 19.1. The fourth-order valence-electron chi connectivity index (χ4n) is 4.95. The molecule has 2 aliphatic rings. The molecule has 0 aliphatic carbocycles. The van der Waals surface area contributed by atoms with Crippen LogP contribution in [0.3, 0.4) is 0 Å². The Labute approximate surface area is 219 Å². The van der Waals surface area contributed by atoms with Crippen molar-refractivity contribution in [3.63, 3.8) is 0 Å². The SMILES string of the molecule is C=CC(=O)N1CC(CCn2c(=O)ccc3cnc(Nc4ccc(N5CCN(C(C)=O)CC5)c(F)c4)nc32)C1. The zero-order valence-corrected chi connectivity index (χ0v) is 21.3. The highest BCUT2D eigenvalue weighted by Gasteiger charge is 2.29. The Balaban J connectivity index is 1.28. The van der Waals surface area contributed by atoms with Gasteiger partial charge >= 0.3 is 0 Å². The molecule has 2 amide bonds. The lowest BCUT2D eigenvalue weighted by Gasteiger charge is -2.38. The summed E-state index contributed by atoms with van der Waals surface area (Å²) >= 11 is 0. The topological polar surface area (TPSA) is 104 Å². The third kappa shape index (κ3) is 5.22. The van der Waals surface area contributed by atoms with Gasteiger partial charge in [0.1, 0.15) is 11.5 Å². The molecule has 2 aromatic heterocycles. The summed E-state index contributed by atoms with van der Waals surface area (Å²) in [7, 11) is 0. The van der Waals surface area contributed by atoms with Gasteiger partial charge in [-0.15, -0.1) is 0 Å². The fraction of sp³-hybridized carbons (Fsp3) is 0.370. The molecular formula is C27H30FN7O3. The minimum absolute atomic E-state index is 0.0279. The van der Waals surface area contributed by atoms with Crippen LogP contribution in [0.15, 0.2) is 54.0 Å². The van der Waals surface area contributed by atoms with Crippen molar-refractivity contribution >= 4 is 40.2 Å². The third-order valence-electron chi connectivity index (χ3n) is 7.20. The molecule has 3 aromatic rings. The van der Waals surface area contributed by atoms with Gasteiger partial charge < -0.3 is 20.0 Å². The van der Waals surface area contributed by atoms with Gasteiger partial charge in [-0.2, -0.15) is 4.98 Å². The van der Waals surface area contributed by atoms with Crippen LogP contribution in [0.4, 0.5) is 21.7 Å². The molecule has 0 saturated carbocycles. The zero-order valence-electron chi connectivity index (χ0n) is 21.3. The number of rotatable bonds is 7. The fourth-order valence-corrected chi connectivity index (χ4v) is 4.95. The molecule has 198 valence electrons. The van der Waals surface area contributed by atoms with Gasteiger partial charge in [0.2, 0.25) is 17.8 Å². The molecule has 10 nitrogen and oxygen atoms in total. The molecular weight excluding hydrogens is 489 g/mol. The van der Waals surface area contributed by atoms with Crippen molar-refractivity contribution in [2.75, 3.05) is 49.5 Å². The molecule has 38 heavy (non-hydrogen) atoms. The number of fused-ring (bicyclic) bond motifs is 1. The largest absolute Gasteiger partial charge is 0.366 e. The normalized spacial score (nSPS) is 15.9. The first kappa shape index (κ1) is 25.4. The highest BCUT2D eigenvalue weighted by molar-refractivity contribution is 5.87. The predicted octanol–water partition coefficient (Wildman–Crippen LogP) is 2.38. The summed E-state index contributed by atoms with van der Waals surface area (Å²) in [5.74, 6) is 0.138. The number of amides is 2. The van der Waals surface area contributed by atoms with E-state index in [9.17, 15) is 18.8 Å². The second-order valence-electron chi connectivity index (χ2n) is 9.68. The molecule has 4 heterocycles. The van der Waals surface area contributed by atoms with Crippen molar-refractivity contribution in [3.05, 3.63) is 65.4 Å². The molecule has 0 bridgehead atoms. The maximum absolute atomic E-state index is 15.0.